The molecule has 2 N–H and O–H groups in total. The van der Waals surface area contributed by atoms with E-state index in [1.807, 2.05) is 0 Å². The lowest BCUT2D eigenvalue weighted by Gasteiger charge is -2.12. The number of carboxylic acid groups (broad SMARTS) is 1. The largest absolute Gasteiger partial charge is 0.488 e. The molecule has 10 nitrogen and oxygen atoms in total. The standard InChI is InChI=1S/C16H18N4O6/c1-24-14-5-11(2-3-17-14)26-12-4-13(25-9-12)16(23)19-10-6-18-20(7-10)8-15(21)22/h2-3,5-7,12-13H,4,8-9H2,1H3,(H,19,23)(H,21,22)/t12-,13+/m0/s1. The van der Waals surface area contributed by atoms with Crippen LogP contribution < -0.4 is 14.8 Å². The van der Waals surface area contributed by atoms with Gasteiger partial charge in [-0.2, -0.15) is 5.10 Å². The van der Waals surface area contributed by atoms with Gasteiger partial charge in [-0.1, -0.05) is 0 Å². The molecule has 0 unspecified atom stereocenters. The van der Waals surface area contributed by atoms with E-state index in [0.29, 0.717) is 23.7 Å². The van der Waals surface area contributed by atoms with Crippen molar-refractivity contribution in [1.29, 1.82) is 0 Å². The van der Waals surface area contributed by atoms with Gasteiger partial charge in [-0.25, -0.2) is 4.98 Å². The third-order valence-electron chi connectivity index (χ3n) is 3.67. The maximum Gasteiger partial charge on any atom is 0.325 e. The summed E-state index contributed by atoms with van der Waals surface area (Å²) >= 11 is 0. The molecule has 0 aromatic carbocycles. The molecule has 0 bridgehead atoms. The molecule has 2 atom stereocenters. The number of carboxylic acids is 1. The van der Waals surface area contributed by atoms with Crippen LogP contribution in [0.5, 0.6) is 11.6 Å². The Bertz CT molecular complexity index is 793. The van der Waals surface area contributed by atoms with Crippen molar-refractivity contribution in [2.75, 3.05) is 19.0 Å². The Kier molecular flexibility index (Phi) is 5.32. The Morgan fingerprint density at radius 1 is 1.50 bits per heavy atom. The summed E-state index contributed by atoms with van der Waals surface area (Å²) in [5, 5.41) is 15.2. The molecule has 0 radical (unpaired) electrons. The Morgan fingerprint density at radius 2 is 2.35 bits per heavy atom. The van der Waals surface area contributed by atoms with E-state index in [1.165, 1.54) is 24.2 Å². The number of carbonyl (C=O) groups excluding carboxylic acids is 1. The third-order valence-corrected chi connectivity index (χ3v) is 3.67. The highest BCUT2D eigenvalue weighted by molar-refractivity contribution is 5.94. The lowest BCUT2D eigenvalue weighted by Crippen LogP contribution is -2.27. The van der Waals surface area contributed by atoms with Gasteiger partial charge in [-0.15, -0.1) is 0 Å². The molecule has 26 heavy (non-hydrogen) atoms. The van der Waals surface area contributed by atoms with Gasteiger partial charge in [0.2, 0.25) is 5.88 Å². The number of pyridine rings is 1. The lowest BCUT2D eigenvalue weighted by molar-refractivity contribution is -0.137. The molecule has 1 saturated heterocycles. The van der Waals surface area contributed by atoms with Crippen molar-refractivity contribution in [2.24, 2.45) is 0 Å². The molecule has 3 heterocycles. The summed E-state index contributed by atoms with van der Waals surface area (Å²) in [6.45, 7) is 0.00209. The second kappa shape index (κ2) is 7.83. The lowest BCUT2D eigenvalue weighted by atomic mass is 10.2. The maximum absolute atomic E-state index is 12.3. The van der Waals surface area contributed by atoms with E-state index in [-0.39, 0.29) is 25.2 Å². The van der Waals surface area contributed by atoms with E-state index in [4.69, 9.17) is 19.3 Å². The summed E-state index contributed by atoms with van der Waals surface area (Å²) in [5.74, 6) is -0.327. The number of ether oxygens (including phenoxy) is 3. The fourth-order valence-corrected chi connectivity index (χ4v) is 2.51. The molecule has 0 aliphatic carbocycles. The van der Waals surface area contributed by atoms with E-state index in [2.05, 4.69) is 15.4 Å². The average molecular weight is 362 g/mol. The fourth-order valence-electron chi connectivity index (χ4n) is 2.51. The van der Waals surface area contributed by atoms with E-state index in [1.54, 1.807) is 18.3 Å². The first-order valence-electron chi connectivity index (χ1n) is 7.87. The van der Waals surface area contributed by atoms with Crippen LogP contribution >= 0.6 is 0 Å². The molecular weight excluding hydrogens is 344 g/mol. The minimum atomic E-state index is -1.02. The number of carbonyl (C=O) groups is 2. The number of aliphatic carboxylic acids is 1. The van der Waals surface area contributed by atoms with Crippen LogP contribution in [0, 0.1) is 0 Å². The first-order chi connectivity index (χ1) is 12.5. The minimum Gasteiger partial charge on any atom is -0.488 e. The van der Waals surface area contributed by atoms with Gasteiger partial charge >= 0.3 is 5.97 Å². The number of aromatic nitrogens is 3. The van der Waals surface area contributed by atoms with Crippen LogP contribution in [0.15, 0.2) is 30.7 Å². The number of hydrogen-bond donors (Lipinski definition) is 2. The van der Waals surface area contributed by atoms with Crippen LogP contribution in [0.1, 0.15) is 6.42 Å². The number of hydrogen-bond acceptors (Lipinski definition) is 7. The van der Waals surface area contributed by atoms with Gasteiger partial charge in [-0.3, -0.25) is 14.3 Å². The molecule has 3 rings (SSSR count). The van der Waals surface area contributed by atoms with Crippen LogP contribution in [0.25, 0.3) is 0 Å². The monoisotopic (exact) mass is 362 g/mol. The van der Waals surface area contributed by atoms with E-state index < -0.39 is 12.1 Å². The highest BCUT2D eigenvalue weighted by Crippen LogP contribution is 2.23. The number of methoxy groups -OCH3 is 1. The molecule has 2 aromatic rings. The zero-order chi connectivity index (χ0) is 18.5. The topological polar surface area (TPSA) is 125 Å². The smallest absolute Gasteiger partial charge is 0.325 e. The molecule has 2 aromatic heterocycles. The van der Waals surface area contributed by atoms with Crippen molar-refractivity contribution < 1.29 is 28.9 Å². The van der Waals surface area contributed by atoms with Crippen molar-refractivity contribution in [1.82, 2.24) is 14.8 Å². The first-order valence-corrected chi connectivity index (χ1v) is 7.87. The van der Waals surface area contributed by atoms with E-state index in [9.17, 15) is 9.59 Å². The molecule has 10 heteroatoms. The van der Waals surface area contributed by atoms with Gasteiger partial charge in [0, 0.05) is 24.9 Å². The summed E-state index contributed by atoms with van der Waals surface area (Å²) in [6, 6.07) is 3.36. The Balaban J connectivity index is 1.52. The van der Waals surface area contributed by atoms with Gasteiger partial charge < -0.3 is 24.6 Å². The van der Waals surface area contributed by atoms with Gasteiger partial charge in [0.1, 0.15) is 24.5 Å². The average Bonchev–Trinajstić information content (AvgIpc) is 3.24. The van der Waals surface area contributed by atoms with Gasteiger partial charge in [0.25, 0.3) is 5.91 Å². The van der Waals surface area contributed by atoms with Crippen LogP contribution in [-0.4, -0.2) is 57.7 Å². The van der Waals surface area contributed by atoms with Crippen LogP contribution in [-0.2, 0) is 20.9 Å². The molecule has 0 spiro atoms. The summed E-state index contributed by atoms with van der Waals surface area (Å²) < 4.78 is 17.5. The molecule has 0 saturated carbocycles. The molecule has 1 aliphatic rings. The van der Waals surface area contributed by atoms with Crippen molar-refractivity contribution in [3.8, 4) is 11.6 Å². The second-order valence-electron chi connectivity index (χ2n) is 5.64. The summed E-state index contributed by atoms with van der Waals surface area (Å²) in [7, 11) is 1.52. The van der Waals surface area contributed by atoms with Gasteiger partial charge in [-0.05, 0) is 6.07 Å². The number of anilines is 1. The summed E-state index contributed by atoms with van der Waals surface area (Å²) in [5.41, 5.74) is 0.406. The quantitative estimate of drug-likeness (QED) is 0.731. The maximum atomic E-state index is 12.3. The second-order valence-corrected chi connectivity index (χ2v) is 5.64. The number of nitrogens with one attached hydrogen (secondary N) is 1. The van der Waals surface area contributed by atoms with Crippen molar-refractivity contribution >= 4 is 17.6 Å². The predicted octanol–water partition coefficient (Wildman–Crippen LogP) is 0.546. The minimum absolute atomic E-state index is 0.271. The predicted molar refractivity (Wildman–Crippen MR) is 88.1 cm³/mol. The molecule has 1 amide bonds. The van der Waals surface area contributed by atoms with Crippen molar-refractivity contribution in [2.45, 2.75) is 25.2 Å². The highest BCUT2D eigenvalue weighted by Gasteiger charge is 2.32. The highest BCUT2D eigenvalue weighted by atomic mass is 16.6. The molecular formula is C16H18N4O6. The number of rotatable bonds is 7. The Hall–Kier alpha value is -3.14. The van der Waals surface area contributed by atoms with Gasteiger partial charge in [0.05, 0.1) is 25.6 Å². The molecule has 1 aliphatic heterocycles. The van der Waals surface area contributed by atoms with Gasteiger partial charge in [0.15, 0.2) is 0 Å². The van der Waals surface area contributed by atoms with Crippen molar-refractivity contribution in [3.63, 3.8) is 0 Å². The molecule has 138 valence electrons. The zero-order valence-electron chi connectivity index (χ0n) is 14.0. The third kappa shape index (κ3) is 4.48. The van der Waals surface area contributed by atoms with Crippen molar-refractivity contribution in [3.05, 3.63) is 30.7 Å². The first kappa shape index (κ1) is 17.7. The Labute approximate surface area is 148 Å². The number of nitrogens with zero attached hydrogens (tertiary/aromatic N) is 3. The number of amides is 1. The summed E-state index contributed by atoms with van der Waals surface area (Å²) in [4.78, 5) is 26.9. The molecule has 1 fully saturated rings. The zero-order valence-corrected chi connectivity index (χ0v) is 14.0. The van der Waals surface area contributed by atoms with Crippen LogP contribution in [0.2, 0.25) is 0 Å². The van der Waals surface area contributed by atoms with Crippen LogP contribution in [0.4, 0.5) is 5.69 Å². The normalized spacial score (nSPS) is 19.1. The van der Waals surface area contributed by atoms with E-state index in [0.717, 1.165) is 0 Å². The Morgan fingerprint density at radius 3 is 3.12 bits per heavy atom. The summed E-state index contributed by atoms with van der Waals surface area (Å²) in [6.07, 6.45) is 3.85. The van der Waals surface area contributed by atoms with E-state index >= 15 is 0 Å². The van der Waals surface area contributed by atoms with Crippen LogP contribution in [0.3, 0.4) is 0 Å². The fraction of sp³-hybridized carbons (Fsp3) is 0.375. The SMILES string of the molecule is COc1cc(O[C@@H]2CO[C@@H](C(=O)Nc3cnn(CC(=O)O)c3)C2)ccn1.